The lowest BCUT2D eigenvalue weighted by atomic mass is 10.1. The molecule has 6 heteroatoms. The Morgan fingerprint density at radius 2 is 2.04 bits per heavy atom. The summed E-state index contributed by atoms with van der Waals surface area (Å²) in [6.07, 6.45) is 3.43. The van der Waals surface area contributed by atoms with E-state index in [4.69, 9.17) is 0 Å². The van der Waals surface area contributed by atoms with Gasteiger partial charge in [0.2, 0.25) is 0 Å². The molecule has 0 atom stereocenters. The zero-order valence-electron chi connectivity index (χ0n) is 12.9. The molecule has 0 radical (unpaired) electrons. The van der Waals surface area contributed by atoms with E-state index in [-0.39, 0.29) is 5.56 Å². The Morgan fingerprint density at radius 3 is 2.79 bits per heavy atom. The Balaban J connectivity index is 1.97. The molecule has 0 aliphatic heterocycles. The lowest BCUT2D eigenvalue weighted by Gasteiger charge is -2.04. The van der Waals surface area contributed by atoms with Gasteiger partial charge in [-0.1, -0.05) is 18.2 Å². The molecular formula is C18H14N4O2. The highest BCUT2D eigenvalue weighted by Gasteiger charge is 2.13. The summed E-state index contributed by atoms with van der Waals surface area (Å²) < 4.78 is 1.81. The van der Waals surface area contributed by atoms with Crippen LogP contribution in [0.4, 0.5) is 5.69 Å². The minimum absolute atomic E-state index is 0.144. The maximum absolute atomic E-state index is 11.2. The van der Waals surface area contributed by atoms with Crippen LogP contribution >= 0.6 is 0 Å². The van der Waals surface area contributed by atoms with Gasteiger partial charge < -0.3 is 9.51 Å². The molecule has 24 heavy (non-hydrogen) atoms. The van der Waals surface area contributed by atoms with E-state index in [0.29, 0.717) is 11.4 Å². The number of hydrazone groups is 1. The monoisotopic (exact) mass is 318 g/mol. The molecule has 0 saturated carbocycles. The lowest BCUT2D eigenvalue weighted by molar-refractivity contribution is 0.0698. The Bertz CT molecular complexity index is 996. The standard InChI is InChI=1S/C18H14N4O2/c1-12-14(16-8-4-5-9-22(16)17(12)10-19)11-20-21-15-7-3-2-6-13(15)18(23)24/h2-9,11,21H,1H3,(H,23,24)/b20-11-. The fourth-order valence-corrected chi connectivity index (χ4v) is 2.59. The van der Waals surface area contributed by atoms with Crippen LogP contribution in [0.25, 0.3) is 5.52 Å². The molecule has 3 rings (SSSR count). The molecular weight excluding hydrogens is 304 g/mol. The Labute approximate surface area is 138 Å². The summed E-state index contributed by atoms with van der Waals surface area (Å²) in [5.41, 5.74) is 6.36. The number of aromatic nitrogens is 1. The Hall–Kier alpha value is -3.59. The number of fused-ring (bicyclic) bond motifs is 1. The van der Waals surface area contributed by atoms with Gasteiger partial charge >= 0.3 is 5.97 Å². The number of hydrogen-bond donors (Lipinski definition) is 2. The van der Waals surface area contributed by atoms with E-state index < -0.39 is 5.97 Å². The molecule has 0 aliphatic carbocycles. The summed E-state index contributed by atoms with van der Waals surface area (Å²) in [6.45, 7) is 1.86. The molecule has 1 aromatic carbocycles. The van der Waals surface area contributed by atoms with E-state index in [1.54, 1.807) is 24.4 Å². The van der Waals surface area contributed by atoms with Crippen molar-refractivity contribution >= 4 is 23.4 Å². The minimum Gasteiger partial charge on any atom is -0.478 e. The Kier molecular flexibility index (Phi) is 4.00. The first-order valence-corrected chi connectivity index (χ1v) is 7.24. The van der Waals surface area contributed by atoms with Gasteiger partial charge in [-0.2, -0.15) is 10.4 Å². The molecule has 2 N–H and O–H groups in total. The number of carbonyl (C=O) groups is 1. The zero-order valence-corrected chi connectivity index (χ0v) is 12.9. The number of nitriles is 1. The minimum atomic E-state index is -1.02. The van der Waals surface area contributed by atoms with Crippen molar-refractivity contribution in [2.24, 2.45) is 5.10 Å². The summed E-state index contributed by atoms with van der Waals surface area (Å²) in [7, 11) is 0. The number of carboxylic acid groups (broad SMARTS) is 1. The zero-order chi connectivity index (χ0) is 17.1. The number of benzene rings is 1. The van der Waals surface area contributed by atoms with Gasteiger partial charge in [0.05, 0.1) is 23.0 Å². The number of aromatic carboxylic acids is 1. The second kappa shape index (κ2) is 6.26. The van der Waals surface area contributed by atoms with Crippen LogP contribution in [-0.4, -0.2) is 21.7 Å². The maximum atomic E-state index is 11.2. The van der Waals surface area contributed by atoms with Crippen molar-refractivity contribution in [1.82, 2.24) is 4.40 Å². The van der Waals surface area contributed by atoms with Crippen LogP contribution in [0.5, 0.6) is 0 Å². The predicted molar refractivity (Wildman–Crippen MR) is 91.5 cm³/mol. The summed E-state index contributed by atoms with van der Waals surface area (Å²) in [4.78, 5) is 11.2. The van der Waals surface area contributed by atoms with Gasteiger partial charge in [0, 0.05) is 11.8 Å². The van der Waals surface area contributed by atoms with Gasteiger partial charge in [-0.05, 0) is 36.8 Å². The van der Waals surface area contributed by atoms with Gasteiger partial charge in [-0.3, -0.25) is 5.43 Å². The quantitative estimate of drug-likeness (QED) is 0.570. The van der Waals surface area contributed by atoms with Crippen molar-refractivity contribution in [3.05, 3.63) is 71.0 Å². The van der Waals surface area contributed by atoms with Crippen LogP contribution in [0, 0.1) is 18.3 Å². The smallest absolute Gasteiger partial charge is 0.337 e. The van der Waals surface area contributed by atoms with Crippen LogP contribution in [0.15, 0.2) is 53.8 Å². The summed E-state index contributed by atoms with van der Waals surface area (Å²) in [6, 6.07) is 14.4. The number of rotatable bonds is 4. The molecule has 2 aromatic heterocycles. The van der Waals surface area contributed by atoms with Crippen LogP contribution < -0.4 is 5.43 Å². The van der Waals surface area contributed by atoms with E-state index in [1.807, 2.05) is 35.7 Å². The van der Waals surface area contributed by atoms with Gasteiger partial charge in [-0.25, -0.2) is 4.79 Å². The summed E-state index contributed by atoms with van der Waals surface area (Å²) >= 11 is 0. The molecule has 0 amide bonds. The first-order chi connectivity index (χ1) is 11.6. The van der Waals surface area contributed by atoms with Crippen LogP contribution in [-0.2, 0) is 0 Å². The lowest BCUT2D eigenvalue weighted by Crippen LogP contribution is -2.02. The molecule has 6 nitrogen and oxygen atoms in total. The third-order valence-electron chi connectivity index (χ3n) is 3.78. The second-order valence-electron chi connectivity index (χ2n) is 5.18. The molecule has 2 heterocycles. The van der Waals surface area contributed by atoms with Gasteiger partial charge in [0.15, 0.2) is 0 Å². The molecule has 0 aliphatic rings. The number of nitrogens with zero attached hydrogens (tertiary/aromatic N) is 3. The average molecular weight is 318 g/mol. The van der Waals surface area contributed by atoms with E-state index in [1.165, 1.54) is 6.07 Å². The van der Waals surface area contributed by atoms with Gasteiger partial charge in [0.1, 0.15) is 11.8 Å². The number of para-hydroxylation sites is 1. The van der Waals surface area contributed by atoms with Crippen molar-refractivity contribution in [3.8, 4) is 6.07 Å². The molecule has 3 aromatic rings. The van der Waals surface area contributed by atoms with E-state index in [0.717, 1.165) is 16.6 Å². The first-order valence-electron chi connectivity index (χ1n) is 7.24. The second-order valence-corrected chi connectivity index (χ2v) is 5.18. The third-order valence-corrected chi connectivity index (χ3v) is 3.78. The summed E-state index contributed by atoms with van der Waals surface area (Å²) in [5.74, 6) is -1.02. The van der Waals surface area contributed by atoms with Crippen LogP contribution in [0.2, 0.25) is 0 Å². The summed E-state index contributed by atoms with van der Waals surface area (Å²) in [5, 5.41) is 22.7. The Morgan fingerprint density at radius 1 is 1.29 bits per heavy atom. The maximum Gasteiger partial charge on any atom is 0.337 e. The molecule has 0 bridgehead atoms. The van der Waals surface area contributed by atoms with Crippen molar-refractivity contribution in [3.63, 3.8) is 0 Å². The normalized spacial score (nSPS) is 10.8. The largest absolute Gasteiger partial charge is 0.478 e. The van der Waals surface area contributed by atoms with Crippen molar-refractivity contribution < 1.29 is 9.90 Å². The average Bonchev–Trinajstić information content (AvgIpc) is 2.86. The highest BCUT2D eigenvalue weighted by atomic mass is 16.4. The number of hydrogen-bond acceptors (Lipinski definition) is 4. The van der Waals surface area contributed by atoms with Gasteiger partial charge in [0.25, 0.3) is 0 Å². The molecule has 0 unspecified atom stereocenters. The fourth-order valence-electron chi connectivity index (χ4n) is 2.59. The number of carboxylic acids is 1. The highest BCUT2D eigenvalue weighted by molar-refractivity contribution is 5.95. The van der Waals surface area contributed by atoms with Crippen LogP contribution in [0.1, 0.15) is 27.2 Å². The first kappa shape index (κ1) is 15.3. The predicted octanol–water partition coefficient (Wildman–Crippen LogP) is 3.26. The van der Waals surface area contributed by atoms with E-state index >= 15 is 0 Å². The molecule has 0 saturated heterocycles. The number of nitrogens with one attached hydrogen (secondary N) is 1. The fraction of sp³-hybridized carbons (Fsp3) is 0.0556. The van der Waals surface area contributed by atoms with Crippen molar-refractivity contribution in [2.75, 3.05) is 5.43 Å². The van der Waals surface area contributed by atoms with E-state index in [9.17, 15) is 15.2 Å². The highest BCUT2D eigenvalue weighted by Crippen LogP contribution is 2.21. The van der Waals surface area contributed by atoms with Crippen LogP contribution in [0.3, 0.4) is 0 Å². The van der Waals surface area contributed by atoms with E-state index in [2.05, 4.69) is 16.6 Å². The van der Waals surface area contributed by atoms with Crippen molar-refractivity contribution in [1.29, 1.82) is 5.26 Å². The van der Waals surface area contributed by atoms with Crippen molar-refractivity contribution in [2.45, 2.75) is 6.92 Å². The molecule has 0 spiro atoms. The topological polar surface area (TPSA) is 89.9 Å². The third kappa shape index (κ3) is 2.59. The molecule has 118 valence electrons. The van der Waals surface area contributed by atoms with Gasteiger partial charge in [-0.15, -0.1) is 0 Å². The number of pyridine rings is 1. The molecule has 0 fully saturated rings. The SMILES string of the molecule is Cc1c(/C=N\Nc2ccccc2C(=O)O)c2ccccn2c1C#N. The number of anilines is 1.